The quantitative estimate of drug-likeness (QED) is 0.681. The number of methoxy groups -OCH3 is 1. The van der Waals surface area contributed by atoms with E-state index >= 15 is 0 Å². The standard InChI is InChI=1S/C22H25FN2O4S/c1-16-22(26)24(15-17-6-10-19(23)11-7-17)21(5-4-14-25(16)30(3,27)28)18-8-12-20(29-2)13-9-18/h4-13,16,21H,14-15H2,1-3H3/b5-4-/t16-,21?/m0/s1. The molecular weight excluding hydrogens is 407 g/mol. The molecule has 1 heterocycles. The zero-order chi connectivity index (χ0) is 21.9. The molecule has 8 heteroatoms. The molecule has 160 valence electrons. The van der Waals surface area contributed by atoms with E-state index in [1.807, 2.05) is 30.3 Å². The van der Waals surface area contributed by atoms with Crippen molar-refractivity contribution in [3.05, 3.63) is 77.6 Å². The number of carbonyl (C=O) groups is 1. The van der Waals surface area contributed by atoms with Crippen LogP contribution in [0.3, 0.4) is 0 Å². The fourth-order valence-corrected chi connectivity index (χ4v) is 4.55. The van der Waals surface area contributed by atoms with E-state index in [1.165, 1.54) is 16.4 Å². The Bertz CT molecular complexity index is 1020. The molecule has 0 fully saturated rings. The molecule has 1 unspecified atom stereocenters. The van der Waals surface area contributed by atoms with Crippen molar-refractivity contribution >= 4 is 15.9 Å². The van der Waals surface area contributed by atoms with E-state index in [4.69, 9.17) is 4.74 Å². The molecule has 0 radical (unpaired) electrons. The maximum atomic E-state index is 13.4. The van der Waals surface area contributed by atoms with Crippen LogP contribution in [0.5, 0.6) is 5.75 Å². The summed E-state index contributed by atoms with van der Waals surface area (Å²) in [5.74, 6) is 0.0116. The summed E-state index contributed by atoms with van der Waals surface area (Å²) in [6.07, 6.45) is 4.68. The normalized spacial score (nSPS) is 21.7. The lowest BCUT2D eigenvalue weighted by atomic mass is 10.0. The highest BCUT2D eigenvalue weighted by Gasteiger charge is 2.35. The first-order chi connectivity index (χ1) is 14.2. The van der Waals surface area contributed by atoms with Crippen LogP contribution in [0.1, 0.15) is 24.1 Å². The molecule has 2 aromatic rings. The minimum atomic E-state index is -3.57. The van der Waals surface area contributed by atoms with Gasteiger partial charge < -0.3 is 9.64 Å². The van der Waals surface area contributed by atoms with Crippen molar-refractivity contribution in [3.8, 4) is 5.75 Å². The minimum absolute atomic E-state index is 0.114. The maximum absolute atomic E-state index is 13.4. The zero-order valence-electron chi connectivity index (χ0n) is 17.2. The highest BCUT2D eigenvalue weighted by Crippen LogP contribution is 2.29. The smallest absolute Gasteiger partial charge is 0.241 e. The molecule has 0 N–H and O–H groups in total. The number of ether oxygens (including phenoxy) is 1. The van der Waals surface area contributed by atoms with Crippen LogP contribution in [-0.4, -0.2) is 49.5 Å². The number of rotatable bonds is 5. The Kier molecular flexibility index (Phi) is 6.58. The third-order valence-corrected chi connectivity index (χ3v) is 6.48. The van der Waals surface area contributed by atoms with Gasteiger partial charge in [0.25, 0.3) is 0 Å². The molecule has 6 nitrogen and oxygen atoms in total. The van der Waals surface area contributed by atoms with Crippen molar-refractivity contribution in [2.24, 2.45) is 0 Å². The first-order valence-electron chi connectivity index (χ1n) is 9.53. The molecule has 0 bridgehead atoms. The molecule has 30 heavy (non-hydrogen) atoms. The highest BCUT2D eigenvalue weighted by molar-refractivity contribution is 7.88. The first-order valence-corrected chi connectivity index (χ1v) is 11.4. The van der Waals surface area contributed by atoms with Crippen molar-refractivity contribution in [1.82, 2.24) is 9.21 Å². The summed E-state index contributed by atoms with van der Waals surface area (Å²) >= 11 is 0. The van der Waals surface area contributed by atoms with Gasteiger partial charge >= 0.3 is 0 Å². The summed E-state index contributed by atoms with van der Waals surface area (Å²) in [7, 11) is -1.99. The fraction of sp³-hybridized carbons (Fsp3) is 0.318. The molecule has 2 atom stereocenters. The molecule has 0 aliphatic carbocycles. The van der Waals surface area contributed by atoms with Gasteiger partial charge in [0.1, 0.15) is 17.6 Å². The van der Waals surface area contributed by atoms with E-state index in [-0.39, 0.29) is 24.8 Å². The van der Waals surface area contributed by atoms with E-state index < -0.39 is 22.1 Å². The van der Waals surface area contributed by atoms with Gasteiger partial charge in [0.2, 0.25) is 15.9 Å². The Morgan fingerprint density at radius 3 is 2.30 bits per heavy atom. The monoisotopic (exact) mass is 432 g/mol. The number of carbonyl (C=O) groups excluding carboxylic acids is 1. The second-order valence-electron chi connectivity index (χ2n) is 7.25. The first kappa shape index (κ1) is 22.0. The Hall–Kier alpha value is -2.71. The minimum Gasteiger partial charge on any atom is -0.497 e. The molecule has 0 saturated heterocycles. The zero-order valence-corrected chi connectivity index (χ0v) is 18.0. The Morgan fingerprint density at radius 1 is 1.10 bits per heavy atom. The van der Waals surface area contributed by atoms with Crippen molar-refractivity contribution < 1.29 is 22.3 Å². The van der Waals surface area contributed by atoms with Crippen LogP contribution in [0, 0.1) is 5.82 Å². The number of nitrogens with zero attached hydrogens (tertiary/aromatic N) is 2. The van der Waals surface area contributed by atoms with E-state index in [2.05, 4.69) is 0 Å². The van der Waals surface area contributed by atoms with Crippen molar-refractivity contribution in [3.63, 3.8) is 0 Å². The second-order valence-corrected chi connectivity index (χ2v) is 9.18. The predicted molar refractivity (Wildman–Crippen MR) is 113 cm³/mol. The van der Waals surface area contributed by atoms with Crippen molar-refractivity contribution in [2.75, 3.05) is 19.9 Å². The van der Waals surface area contributed by atoms with Crippen molar-refractivity contribution in [2.45, 2.75) is 25.6 Å². The number of sulfonamides is 1. The summed E-state index contributed by atoms with van der Waals surface area (Å²) < 4.78 is 44.1. The SMILES string of the molecule is COc1ccc(C2/C=C\CN(S(C)(=O)=O)[C@@H](C)C(=O)N2Cc2ccc(F)cc2)cc1. The summed E-state index contributed by atoms with van der Waals surface area (Å²) in [6, 6.07) is 12.0. The molecule has 2 aromatic carbocycles. The van der Waals surface area contributed by atoms with Gasteiger partial charge in [-0.2, -0.15) is 4.31 Å². The van der Waals surface area contributed by atoms with Gasteiger partial charge in [-0.15, -0.1) is 0 Å². The summed E-state index contributed by atoms with van der Waals surface area (Å²) in [4.78, 5) is 15.0. The van der Waals surface area contributed by atoms with Gasteiger partial charge in [0.05, 0.1) is 19.4 Å². The fourth-order valence-electron chi connectivity index (χ4n) is 3.53. The van der Waals surface area contributed by atoms with E-state index in [0.29, 0.717) is 5.75 Å². The van der Waals surface area contributed by atoms with Crippen LogP contribution in [0.4, 0.5) is 4.39 Å². The topological polar surface area (TPSA) is 66.9 Å². The van der Waals surface area contributed by atoms with E-state index in [9.17, 15) is 17.6 Å². The van der Waals surface area contributed by atoms with Gasteiger partial charge in [-0.05, 0) is 42.3 Å². The Balaban J connectivity index is 2.04. The number of benzene rings is 2. The molecule has 0 saturated carbocycles. The third kappa shape index (κ3) is 4.88. The number of amides is 1. The largest absolute Gasteiger partial charge is 0.497 e. The average Bonchev–Trinajstić information content (AvgIpc) is 2.71. The molecule has 0 aromatic heterocycles. The summed E-state index contributed by atoms with van der Waals surface area (Å²) in [6.45, 7) is 1.91. The van der Waals surface area contributed by atoms with Crippen LogP contribution in [0.2, 0.25) is 0 Å². The van der Waals surface area contributed by atoms with Gasteiger partial charge in [0, 0.05) is 13.1 Å². The van der Waals surface area contributed by atoms with Crippen LogP contribution >= 0.6 is 0 Å². The van der Waals surface area contributed by atoms with E-state index in [0.717, 1.165) is 17.4 Å². The molecular formula is C22H25FN2O4S. The predicted octanol–water partition coefficient (Wildman–Crippen LogP) is 3.12. The van der Waals surface area contributed by atoms with Gasteiger partial charge in [0.15, 0.2) is 0 Å². The molecule has 0 spiro atoms. The van der Waals surface area contributed by atoms with Crippen LogP contribution in [0.15, 0.2) is 60.7 Å². The number of hydrogen-bond acceptors (Lipinski definition) is 4. The maximum Gasteiger partial charge on any atom is 0.241 e. The van der Waals surface area contributed by atoms with Crippen molar-refractivity contribution in [1.29, 1.82) is 0 Å². The summed E-state index contributed by atoms with van der Waals surface area (Å²) in [5, 5.41) is 0. The highest BCUT2D eigenvalue weighted by atomic mass is 32.2. The van der Waals surface area contributed by atoms with Crippen LogP contribution < -0.4 is 4.74 Å². The molecule has 1 aliphatic rings. The van der Waals surface area contributed by atoms with E-state index in [1.54, 1.807) is 37.1 Å². The lowest BCUT2D eigenvalue weighted by molar-refractivity contribution is -0.137. The number of halogens is 1. The van der Waals surface area contributed by atoms with Crippen LogP contribution in [0.25, 0.3) is 0 Å². The average molecular weight is 433 g/mol. The summed E-state index contributed by atoms with van der Waals surface area (Å²) in [5.41, 5.74) is 1.61. The number of hydrogen-bond donors (Lipinski definition) is 0. The van der Waals surface area contributed by atoms with Crippen LogP contribution in [-0.2, 0) is 21.4 Å². The molecule has 3 rings (SSSR count). The lowest BCUT2D eigenvalue weighted by Crippen LogP contribution is -2.50. The lowest BCUT2D eigenvalue weighted by Gasteiger charge is -2.37. The molecule has 1 aliphatic heterocycles. The third-order valence-electron chi connectivity index (χ3n) is 5.16. The van der Waals surface area contributed by atoms with Gasteiger partial charge in [-0.3, -0.25) is 4.79 Å². The van der Waals surface area contributed by atoms with Gasteiger partial charge in [-0.25, -0.2) is 12.8 Å². The Labute approximate surface area is 176 Å². The Morgan fingerprint density at radius 2 is 1.73 bits per heavy atom. The second kappa shape index (κ2) is 8.97. The van der Waals surface area contributed by atoms with Gasteiger partial charge in [-0.1, -0.05) is 36.4 Å². The molecule has 1 amide bonds.